The fourth-order valence-corrected chi connectivity index (χ4v) is 4.40. The van der Waals surface area contributed by atoms with Gasteiger partial charge in [0.1, 0.15) is 5.75 Å². The van der Waals surface area contributed by atoms with Gasteiger partial charge in [-0.15, -0.1) is 0 Å². The van der Waals surface area contributed by atoms with Crippen LogP contribution in [-0.4, -0.2) is 31.1 Å². The van der Waals surface area contributed by atoms with Gasteiger partial charge in [-0.25, -0.2) is 4.79 Å². The maximum absolute atomic E-state index is 12.1. The van der Waals surface area contributed by atoms with Gasteiger partial charge in [-0.3, -0.25) is 0 Å². The third-order valence-corrected chi connectivity index (χ3v) is 10.6. The number of hydrogen-bond acceptors (Lipinski definition) is 3. The minimum absolute atomic E-state index is 0.00489. The van der Waals surface area contributed by atoms with Gasteiger partial charge in [0.15, 0.2) is 8.32 Å². The van der Waals surface area contributed by atoms with Crippen molar-refractivity contribution < 1.29 is 19.1 Å². The fourth-order valence-electron chi connectivity index (χ4n) is 3.02. The SMILES string of the molecule is Cc1cc(C)c2c(c1C)OC(C)(C(=O)O)C(O[Si](C)(C)C(C)(C)C)C2. The van der Waals surface area contributed by atoms with Gasteiger partial charge in [-0.1, -0.05) is 26.8 Å². The molecule has 0 bridgehead atoms. The first-order chi connectivity index (χ1) is 11.2. The standard InChI is InChI=1S/C20H32O4Si/c1-12-10-13(2)15-11-16(24-25(8,9)19(4,5)6)20(7,18(21)22)23-17(15)14(12)3/h10,16H,11H2,1-9H3,(H,21,22). The maximum atomic E-state index is 12.1. The normalized spacial score (nSPS) is 23.8. The Labute approximate surface area is 152 Å². The van der Waals surface area contributed by atoms with E-state index >= 15 is 0 Å². The number of fused-ring (bicyclic) bond motifs is 1. The zero-order valence-corrected chi connectivity index (χ0v) is 18.0. The first-order valence-electron chi connectivity index (χ1n) is 8.90. The van der Waals surface area contributed by atoms with Crippen LogP contribution in [0.2, 0.25) is 18.1 Å². The second-order valence-electron chi connectivity index (χ2n) is 9.03. The van der Waals surface area contributed by atoms with E-state index in [-0.39, 0.29) is 5.04 Å². The molecule has 1 N–H and O–H groups in total. The van der Waals surface area contributed by atoms with Crippen molar-refractivity contribution in [3.05, 3.63) is 28.3 Å². The third kappa shape index (κ3) is 3.36. The van der Waals surface area contributed by atoms with Crippen LogP contribution in [0.1, 0.15) is 49.9 Å². The van der Waals surface area contributed by atoms with E-state index in [4.69, 9.17) is 9.16 Å². The Morgan fingerprint density at radius 3 is 2.32 bits per heavy atom. The summed E-state index contributed by atoms with van der Waals surface area (Å²) in [5.74, 6) is -0.252. The lowest BCUT2D eigenvalue weighted by Gasteiger charge is -2.46. The van der Waals surface area contributed by atoms with Crippen LogP contribution in [0.3, 0.4) is 0 Å². The summed E-state index contributed by atoms with van der Waals surface area (Å²) in [4.78, 5) is 12.1. The number of ether oxygens (including phenoxy) is 1. The van der Waals surface area contributed by atoms with E-state index in [2.05, 4.69) is 46.9 Å². The van der Waals surface area contributed by atoms with Gasteiger partial charge >= 0.3 is 5.97 Å². The van der Waals surface area contributed by atoms with E-state index in [9.17, 15) is 9.90 Å². The van der Waals surface area contributed by atoms with E-state index in [1.54, 1.807) is 6.92 Å². The van der Waals surface area contributed by atoms with Crippen molar-refractivity contribution in [2.45, 2.75) is 84.7 Å². The van der Waals surface area contributed by atoms with Crippen LogP contribution in [-0.2, 0) is 15.6 Å². The molecular weight excluding hydrogens is 332 g/mol. The Morgan fingerprint density at radius 1 is 1.28 bits per heavy atom. The topological polar surface area (TPSA) is 55.8 Å². The van der Waals surface area contributed by atoms with Crippen molar-refractivity contribution >= 4 is 14.3 Å². The van der Waals surface area contributed by atoms with Crippen LogP contribution in [0.15, 0.2) is 6.07 Å². The Balaban J connectivity index is 2.54. The Bertz CT molecular complexity index is 703. The van der Waals surface area contributed by atoms with Gasteiger partial charge in [0.2, 0.25) is 5.60 Å². The largest absolute Gasteiger partial charge is 0.478 e. The van der Waals surface area contributed by atoms with Gasteiger partial charge in [0, 0.05) is 12.0 Å². The van der Waals surface area contributed by atoms with Gasteiger partial charge in [-0.2, -0.15) is 0 Å². The number of aryl methyl sites for hydroxylation is 2. The molecule has 0 saturated carbocycles. The molecule has 1 heterocycles. The first-order valence-corrected chi connectivity index (χ1v) is 11.8. The molecule has 0 aromatic heterocycles. The summed E-state index contributed by atoms with van der Waals surface area (Å²) in [5.41, 5.74) is 2.96. The van der Waals surface area contributed by atoms with E-state index in [0.717, 1.165) is 28.0 Å². The van der Waals surface area contributed by atoms with Crippen molar-refractivity contribution in [2.24, 2.45) is 0 Å². The van der Waals surface area contributed by atoms with Crippen LogP contribution in [0.25, 0.3) is 0 Å². The van der Waals surface area contributed by atoms with Crippen LogP contribution >= 0.6 is 0 Å². The van der Waals surface area contributed by atoms with Crippen molar-refractivity contribution in [1.82, 2.24) is 0 Å². The van der Waals surface area contributed by atoms with E-state index in [1.165, 1.54) is 0 Å². The summed E-state index contributed by atoms with van der Waals surface area (Å²) in [5, 5.41) is 9.94. The number of benzene rings is 1. The van der Waals surface area contributed by atoms with E-state index in [0.29, 0.717) is 6.42 Å². The molecule has 2 rings (SSSR count). The van der Waals surface area contributed by atoms with E-state index in [1.807, 2.05) is 13.8 Å². The van der Waals surface area contributed by atoms with E-state index < -0.39 is 26.0 Å². The molecule has 0 fully saturated rings. The lowest BCUT2D eigenvalue weighted by molar-refractivity contribution is -0.164. The van der Waals surface area contributed by atoms with Crippen molar-refractivity contribution in [3.63, 3.8) is 0 Å². The average Bonchev–Trinajstić information content (AvgIpc) is 2.45. The molecule has 4 nitrogen and oxygen atoms in total. The molecule has 1 aliphatic heterocycles. The lowest BCUT2D eigenvalue weighted by Crippen LogP contribution is -2.60. The molecule has 5 heteroatoms. The molecule has 1 aliphatic rings. The summed E-state index contributed by atoms with van der Waals surface area (Å²) in [7, 11) is -2.13. The highest BCUT2D eigenvalue weighted by Gasteiger charge is 2.52. The Kier molecular flexibility index (Phi) is 4.90. The second kappa shape index (κ2) is 6.13. The summed E-state index contributed by atoms with van der Waals surface area (Å²) in [6.45, 7) is 18.5. The molecule has 0 aliphatic carbocycles. The fraction of sp³-hybridized carbons (Fsp3) is 0.650. The summed E-state index contributed by atoms with van der Waals surface area (Å²) < 4.78 is 12.7. The molecule has 1 aromatic rings. The second-order valence-corrected chi connectivity index (χ2v) is 13.8. The lowest BCUT2D eigenvalue weighted by atomic mass is 9.85. The van der Waals surface area contributed by atoms with Crippen molar-refractivity contribution in [2.75, 3.05) is 0 Å². The summed E-state index contributed by atoms with van der Waals surface area (Å²) in [6.07, 6.45) is 0.0663. The van der Waals surface area contributed by atoms with Crippen molar-refractivity contribution in [1.29, 1.82) is 0 Å². The first kappa shape index (κ1) is 20.0. The monoisotopic (exact) mass is 364 g/mol. The predicted octanol–water partition coefficient (Wildman–Crippen LogP) is 4.78. The highest BCUT2D eigenvalue weighted by Crippen LogP contribution is 2.44. The number of hydrogen-bond donors (Lipinski definition) is 1. The molecule has 0 radical (unpaired) electrons. The highest BCUT2D eigenvalue weighted by atomic mass is 28.4. The third-order valence-electron chi connectivity index (χ3n) is 6.10. The van der Waals surface area contributed by atoms with Crippen LogP contribution in [0.5, 0.6) is 5.75 Å². The zero-order chi connectivity index (χ0) is 19.4. The molecule has 25 heavy (non-hydrogen) atoms. The van der Waals surface area contributed by atoms with Gasteiger partial charge in [0.05, 0.1) is 6.10 Å². The van der Waals surface area contributed by atoms with Crippen LogP contribution in [0, 0.1) is 20.8 Å². The smallest absolute Gasteiger partial charge is 0.350 e. The molecule has 0 saturated heterocycles. The molecule has 140 valence electrons. The molecule has 0 amide bonds. The predicted molar refractivity (Wildman–Crippen MR) is 103 cm³/mol. The number of aliphatic carboxylic acids is 1. The molecular formula is C20H32O4Si. The van der Waals surface area contributed by atoms with Gasteiger partial charge in [0.25, 0.3) is 0 Å². The minimum Gasteiger partial charge on any atom is -0.478 e. The quantitative estimate of drug-likeness (QED) is 0.784. The highest BCUT2D eigenvalue weighted by molar-refractivity contribution is 6.74. The van der Waals surface area contributed by atoms with Crippen LogP contribution in [0.4, 0.5) is 0 Å². The van der Waals surface area contributed by atoms with Gasteiger partial charge in [-0.05, 0) is 62.5 Å². The summed E-state index contributed by atoms with van der Waals surface area (Å²) >= 11 is 0. The number of carboxylic acid groups (broad SMARTS) is 1. The molecule has 0 spiro atoms. The summed E-state index contributed by atoms with van der Waals surface area (Å²) in [6, 6.07) is 2.14. The minimum atomic E-state index is -2.13. The van der Waals surface area contributed by atoms with Crippen molar-refractivity contribution in [3.8, 4) is 5.75 Å². The Morgan fingerprint density at radius 2 is 1.84 bits per heavy atom. The number of rotatable bonds is 3. The zero-order valence-electron chi connectivity index (χ0n) is 17.0. The molecule has 1 aromatic carbocycles. The number of carbonyl (C=O) groups is 1. The average molecular weight is 365 g/mol. The Hall–Kier alpha value is -1.33. The van der Waals surface area contributed by atoms with Gasteiger partial charge < -0.3 is 14.3 Å². The van der Waals surface area contributed by atoms with Crippen LogP contribution < -0.4 is 4.74 Å². The maximum Gasteiger partial charge on any atom is 0.350 e. The molecule has 2 atom stereocenters. The molecule has 2 unspecified atom stereocenters. The number of carboxylic acids is 1.